The van der Waals surface area contributed by atoms with E-state index in [1.54, 1.807) is 6.08 Å². The third-order valence-electron chi connectivity index (χ3n) is 9.12. The minimum atomic E-state index is -0.588. The molecule has 3 heteroatoms. The van der Waals surface area contributed by atoms with Crippen molar-refractivity contribution in [2.75, 3.05) is 0 Å². The molecular formula is C31H43F3. The van der Waals surface area contributed by atoms with Crippen LogP contribution in [0.5, 0.6) is 0 Å². The molecule has 0 amide bonds. The van der Waals surface area contributed by atoms with Crippen LogP contribution in [-0.4, -0.2) is 0 Å². The predicted molar refractivity (Wildman–Crippen MR) is 136 cm³/mol. The van der Waals surface area contributed by atoms with Crippen LogP contribution in [0.1, 0.15) is 127 Å². The Morgan fingerprint density at radius 1 is 0.735 bits per heavy atom. The monoisotopic (exact) mass is 472 g/mol. The summed E-state index contributed by atoms with van der Waals surface area (Å²) in [5, 5.41) is 0. The standard InChI is InChI=1S/C31H43F3/c1-3-5-21-8-14-25(15-9-21)27-18-19-28(31(34)30(27)33)26-16-10-22(11-17-26)6-7-23-12-13-24(4-2)29(32)20-23/h12,18-22,24-26H,3-11,13-17H2,1-2H3/t21?,22?,24-,25?,26?/m0/s1. The van der Waals surface area contributed by atoms with Crippen molar-refractivity contribution in [3.05, 3.63) is 58.4 Å². The van der Waals surface area contributed by atoms with Crippen LogP contribution in [0.15, 0.2) is 35.7 Å². The van der Waals surface area contributed by atoms with Crippen LogP contribution in [0.25, 0.3) is 0 Å². The first-order valence-electron chi connectivity index (χ1n) is 14.0. The van der Waals surface area contributed by atoms with Crippen molar-refractivity contribution in [2.45, 2.75) is 116 Å². The van der Waals surface area contributed by atoms with E-state index in [4.69, 9.17) is 0 Å². The molecule has 0 N–H and O–H groups in total. The molecule has 0 spiro atoms. The molecule has 1 atom stereocenters. The molecule has 1 aromatic carbocycles. The third kappa shape index (κ3) is 6.00. The lowest BCUT2D eigenvalue weighted by Gasteiger charge is -2.31. The summed E-state index contributed by atoms with van der Waals surface area (Å²) >= 11 is 0. The molecular weight excluding hydrogens is 429 g/mol. The van der Waals surface area contributed by atoms with Gasteiger partial charge in [0, 0.05) is 5.92 Å². The fourth-order valence-electron chi connectivity index (χ4n) is 6.81. The van der Waals surface area contributed by atoms with Crippen molar-refractivity contribution in [1.82, 2.24) is 0 Å². The van der Waals surface area contributed by atoms with Gasteiger partial charge in [-0.2, -0.15) is 0 Å². The van der Waals surface area contributed by atoms with Crippen LogP contribution < -0.4 is 0 Å². The molecule has 0 bridgehead atoms. The van der Waals surface area contributed by atoms with Crippen molar-refractivity contribution >= 4 is 0 Å². The molecule has 1 aromatic rings. The summed E-state index contributed by atoms with van der Waals surface area (Å²) in [5.41, 5.74) is 2.33. The van der Waals surface area contributed by atoms with E-state index >= 15 is 8.78 Å². The summed E-state index contributed by atoms with van der Waals surface area (Å²) in [6.07, 6.45) is 18.3. The number of benzene rings is 1. The maximum absolute atomic E-state index is 15.2. The average molecular weight is 473 g/mol. The van der Waals surface area contributed by atoms with Gasteiger partial charge in [0.1, 0.15) is 5.83 Å². The number of halogens is 3. The van der Waals surface area contributed by atoms with Gasteiger partial charge in [-0.3, -0.25) is 0 Å². The highest BCUT2D eigenvalue weighted by atomic mass is 19.2. The zero-order valence-electron chi connectivity index (χ0n) is 21.2. The van der Waals surface area contributed by atoms with Crippen molar-refractivity contribution in [3.8, 4) is 0 Å². The van der Waals surface area contributed by atoms with Crippen LogP contribution in [-0.2, 0) is 0 Å². The molecule has 34 heavy (non-hydrogen) atoms. The molecule has 0 heterocycles. The highest BCUT2D eigenvalue weighted by Crippen LogP contribution is 2.43. The SMILES string of the molecule is CCCC1CCC(c2ccc(C3CCC(CCC4=CC[C@H](CC)C(F)=C4)CC3)c(F)c2F)CC1. The van der Waals surface area contributed by atoms with E-state index < -0.39 is 11.6 Å². The number of hydrogen-bond acceptors (Lipinski definition) is 0. The minimum Gasteiger partial charge on any atom is -0.212 e. The fraction of sp³-hybridized carbons (Fsp3) is 0.677. The third-order valence-corrected chi connectivity index (χ3v) is 9.12. The van der Waals surface area contributed by atoms with Gasteiger partial charge >= 0.3 is 0 Å². The second-order valence-electron chi connectivity index (χ2n) is 11.3. The van der Waals surface area contributed by atoms with E-state index in [0.717, 1.165) is 88.5 Å². The molecule has 4 rings (SSSR count). The zero-order chi connectivity index (χ0) is 24.1. The zero-order valence-corrected chi connectivity index (χ0v) is 21.2. The van der Waals surface area contributed by atoms with Crippen LogP contribution in [0, 0.1) is 29.4 Å². The van der Waals surface area contributed by atoms with Gasteiger partial charge in [-0.1, -0.05) is 44.9 Å². The Kier molecular flexibility index (Phi) is 8.99. The number of allylic oxidation sites excluding steroid dienone is 4. The number of rotatable bonds is 8. The Balaban J connectivity index is 1.29. The molecule has 3 aliphatic carbocycles. The van der Waals surface area contributed by atoms with Gasteiger partial charge in [-0.25, -0.2) is 13.2 Å². The van der Waals surface area contributed by atoms with E-state index in [0.29, 0.717) is 17.0 Å². The lowest BCUT2D eigenvalue weighted by atomic mass is 9.74. The molecule has 188 valence electrons. The summed E-state index contributed by atoms with van der Waals surface area (Å²) in [4.78, 5) is 0. The molecule has 0 unspecified atom stereocenters. The Labute approximate surface area is 205 Å². The molecule has 0 radical (unpaired) electrons. The maximum atomic E-state index is 15.2. The van der Waals surface area contributed by atoms with Gasteiger partial charge in [0.2, 0.25) is 0 Å². The van der Waals surface area contributed by atoms with Crippen LogP contribution >= 0.6 is 0 Å². The highest BCUT2D eigenvalue weighted by Gasteiger charge is 2.29. The quantitative estimate of drug-likeness (QED) is 0.353. The van der Waals surface area contributed by atoms with E-state index in [-0.39, 0.29) is 23.6 Å². The fourth-order valence-corrected chi connectivity index (χ4v) is 6.81. The van der Waals surface area contributed by atoms with Crippen molar-refractivity contribution < 1.29 is 13.2 Å². The van der Waals surface area contributed by atoms with Crippen molar-refractivity contribution in [3.63, 3.8) is 0 Å². The summed E-state index contributed by atoms with van der Waals surface area (Å²) in [6.45, 7) is 4.26. The Morgan fingerprint density at radius 3 is 1.74 bits per heavy atom. The van der Waals surface area contributed by atoms with Crippen LogP contribution in [0.4, 0.5) is 13.2 Å². The maximum Gasteiger partial charge on any atom is 0.162 e. The summed E-state index contributed by atoms with van der Waals surface area (Å²) in [6, 6.07) is 3.78. The van der Waals surface area contributed by atoms with E-state index in [9.17, 15) is 4.39 Å². The van der Waals surface area contributed by atoms with Gasteiger partial charge in [0.25, 0.3) is 0 Å². The average Bonchev–Trinajstić information content (AvgIpc) is 2.86. The van der Waals surface area contributed by atoms with Gasteiger partial charge in [0.05, 0.1) is 0 Å². The molecule has 0 nitrogen and oxygen atoms in total. The lowest BCUT2D eigenvalue weighted by Crippen LogP contribution is -2.17. The first-order chi connectivity index (χ1) is 16.5. The van der Waals surface area contributed by atoms with Crippen molar-refractivity contribution in [2.24, 2.45) is 17.8 Å². The van der Waals surface area contributed by atoms with Gasteiger partial charge in [0.15, 0.2) is 11.6 Å². The first-order valence-corrected chi connectivity index (χ1v) is 14.0. The Bertz CT molecular complexity index is 867. The van der Waals surface area contributed by atoms with Gasteiger partial charge in [-0.15, -0.1) is 0 Å². The largest absolute Gasteiger partial charge is 0.212 e. The topological polar surface area (TPSA) is 0 Å². The van der Waals surface area contributed by atoms with Gasteiger partial charge in [-0.05, 0) is 123 Å². The van der Waals surface area contributed by atoms with Crippen molar-refractivity contribution in [1.29, 1.82) is 0 Å². The molecule has 2 fully saturated rings. The highest BCUT2D eigenvalue weighted by molar-refractivity contribution is 5.32. The molecule has 0 saturated heterocycles. The number of hydrogen-bond donors (Lipinski definition) is 0. The molecule has 2 saturated carbocycles. The van der Waals surface area contributed by atoms with E-state index in [1.165, 1.54) is 12.8 Å². The van der Waals surface area contributed by atoms with E-state index in [1.807, 2.05) is 19.1 Å². The second-order valence-corrected chi connectivity index (χ2v) is 11.3. The lowest BCUT2D eigenvalue weighted by molar-refractivity contribution is 0.297. The van der Waals surface area contributed by atoms with Gasteiger partial charge < -0.3 is 0 Å². The normalized spacial score (nSPS) is 30.1. The second kappa shape index (κ2) is 12.0. The van der Waals surface area contributed by atoms with Crippen LogP contribution in [0.2, 0.25) is 0 Å². The summed E-state index contributed by atoms with van der Waals surface area (Å²) in [5.74, 6) is 0.599. The van der Waals surface area contributed by atoms with E-state index in [2.05, 4.69) is 13.0 Å². The Hall–Kier alpha value is -1.51. The summed E-state index contributed by atoms with van der Waals surface area (Å²) in [7, 11) is 0. The molecule has 3 aliphatic rings. The van der Waals surface area contributed by atoms with Crippen LogP contribution in [0.3, 0.4) is 0 Å². The predicted octanol–water partition coefficient (Wildman–Crippen LogP) is 10.3. The molecule has 0 aromatic heterocycles. The molecule has 0 aliphatic heterocycles. The summed E-state index contributed by atoms with van der Waals surface area (Å²) < 4.78 is 44.4. The smallest absolute Gasteiger partial charge is 0.162 e. The first kappa shape index (κ1) is 25.6. The Morgan fingerprint density at radius 2 is 1.26 bits per heavy atom. The minimum absolute atomic E-state index is 0.0404.